The molecule has 36 heavy (non-hydrogen) atoms. The number of fused-ring (bicyclic) bond motifs is 1. The Balaban J connectivity index is 1.34. The Morgan fingerprint density at radius 3 is 2.89 bits per heavy atom. The summed E-state index contributed by atoms with van der Waals surface area (Å²) in [6, 6.07) is 3.49. The van der Waals surface area contributed by atoms with Crippen molar-refractivity contribution in [1.29, 1.82) is 0 Å². The van der Waals surface area contributed by atoms with Crippen LogP contribution in [0.4, 0.5) is 11.8 Å². The van der Waals surface area contributed by atoms with E-state index in [4.69, 9.17) is 22.1 Å². The standard InChI is InChI=1S/C23H26ClN9O3/c1-31-4-2-15(30-31)13-33-20-18(19(24)28-23(25)29-20)17(22(33)35)11-16-10-14(12-27-16)21(34)26-3-5-32-6-8-36-9-7-32/h2,4,10-12,27H,3,5-9,13H2,1H3,(H,26,34)(H2,25,28,29). The lowest BCUT2D eigenvalue weighted by atomic mass is 10.1. The Labute approximate surface area is 212 Å². The Morgan fingerprint density at radius 2 is 2.14 bits per heavy atom. The molecule has 188 valence electrons. The van der Waals surface area contributed by atoms with Gasteiger partial charge in [0.2, 0.25) is 5.95 Å². The number of nitrogens with one attached hydrogen (secondary N) is 2. The fraction of sp³-hybridized carbons (Fsp3) is 0.348. The molecule has 2 amide bonds. The first kappa shape index (κ1) is 24.0. The zero-order valence-electron chi connectivity index (χ0n) is 19.7. The van der Waals surface area contributed by atoms with Crippen LogP contribution < -0.4 is 16.0 Å². The van der Waals surface area contributed by atoms with Crippen molar-refractivity contribution in [2.24, 2.45) is 7.05 Å². The van der Waals surface area contributed by atoms with Crippen LogP contribution in [0.3, 0.4) is 0 Å². The molecule has 13 heteroatoms. The number of aromatic amines is 1. The average Bonchev–Trinajstić information content (AvgIpc) is 3.55. The van der Waals surface area contributed by atoms with Gasteiger partial charge in [-0.1, -0.05) is 11.6 Å². The number of nitrogens with two attached hydrogens (primary N) is 1. The zero-order valence-corrected chi connectivity index (χ0v) is 20.5. The highest BCUT2D eigenvalue weighted by Crippen LogP contribution is 2.41. The maximum absolute atomic E-state index is 13.4. The summed E-state index contributed by atoms with van der Waals surface area (Å²) in [6.45, 7) is 4.64. The van der Waals surface area contributed by atoms with Crippen LogP contribution in [0.15, 0.2) is 24.5 Å². The Hall–Kier alpha value is -3.74. The van der Waals surface area contributed by atoms with E-state index in [1.807, 2.05) is 6.07 Å². The second-order valence-corrected chi connectivity index (χ2v) is 8.91. The second-order valence-electron chi connectivity index (χ2n) is 8.55. The summed E-state index contributed by atoms with van der Waals surface area (Å²) in [5.74, 6) is -0.228. The minimum atomic E-state index is -0.316. The molecule has 0 aliphatic carbocycles. The molecular weight excluding hydrogens is 486 g/mol. The summed E-state index contributed by atoms with van der Waals surface area (Å²) in [4.78, 5) is 41.1. The molecule has 5 rings (SSSR count). The van der Waals surface area contributed by atoms with Gasteiger partial charge in [0, 0.05) is 51.3 Å². The van der Waals surface area contributed by atoms with Crippen LogP contribution in [0.1, 0.15) is 27.3 Å². The molecule has 0 unspecified atom stereocenters. The van der Waals surface area contributed by atoms with Crippen LogP contribution in [0, 0.1) is 0 Å². The van der Waals surface area contributed by atoms with E-state index in [0.29, 0.717) is 53.7 Å². The molecule has 4 N–H and O–H groups in total. The molecule has 1 saturated heterocycles. The van der Waals surface area contributed by atoms with E-state index in [0.717, 1.165) is 19.6 Å². The maximum atomic E-state index is 13.4. The van der Waals surface area contributed by atoms with Crippen LogP contribution in [0.25, 0.3) is 11.6 Å². The summed E-state index contributed by atoms with van der Waals surface area (Å²) in [7, 11) is 1.80. The highest BCUT2D eigenvalue weighted by molar-refractivity contribution is 6.41. The summed E-state index contributed by atoms with van der Waals surface area (Å²) in [5.41, 5.74) is 8.21. The lowest BCUT2D eigenvalue weighted by molar-refractivity contribution is -0.113. The van der Waals surface area contributed by atoms with Crippen LogP contribution >= 0.6 is 11.6 Å². The van der Waals surface area contributed by atoms with Gasteiger partial charge in [-0.3, -0.25) is 24.1 Å². The van der Waals surface area contributed by atoms with Gasteiger partial charge in [0.25, 0.3) is 11.8 Å². The number of carbonyl (C=O) groups excluding carboxylic acids is 2. The number of hydrogen-bond donors (Lipinski definition) is 3. The molecule has 1 fully saturated rings. The van der Waals surface area contributed by atoms with Crippen molar-refractivity contribution in [1.82, 2.24) is 34.9 Å². The van der Waals surface area contributed by atoms with Crippen LogP contribution in [-0.4, -0.2) is 80.8 Å². The fourth-order valence-corrected chi connectivity index (χ4v) is 4.51. The van der Waals surface area contributed by atoms with Crippen LogP contribution in [0.5, 0.6) is 0 Å². The first-order chi connectivity index (χ1) is 17.4. The van der Waals surface area contributed by atoms with Gasteiger partial charge in [-0.2, -0.15) is 10.1 Å². The molecule has 0 saturated carbocycles. The van der Waals surface area contributed by atoms with Crippen molar-refractivity contribution in [3.63, 3.8) is 0 Å². The predicted molar refractivity (Wildman–Crippen MR) is 134 cm³/mol. The third-order valence-electron chi connectivity index (χ3n) is 6.04. The number of carbonyl (C=O) groups is 2. The van der Waals surface area contributed by atoms with Gasteiger partial charge in [0.1, 0.15) is 5.15 Å². The maximum Gasteiger partial charge on any atom is 0.260 e. The number of rotatable bonds is 7. The first-order valence-electron chi connectivity index (χ1n) is 11.5. The summed E-state index contributed by atoms with van der Waals surface area (Å²) >= 11 is 6.39. The molecule has 0 bridgehead atoms. The van der Waals surface area contributed by atoms with Gasteiger partial charge in [-0.15, -0.1) is 0 Å². The summed E-state index contributed by atoms with van der Waals surface area (Å²) < 4.78 is 7.00. The van der Waals surface area contributed by atoms with Gasteiger partial charge in [-0.05, 0) is 18.2 Å². The third-order valence-corrected chi connectivity index (χ3v) is 6.31. The van der Waals surface area contributed by atoms with Crippen LogP contribution in [-0.2, 0) is 23.1 Å². The summed E-state index contributed by atoms with van der Waals surface area (Å²) in [6.07, 6.45) is 5.03. The Bertz CT molecular complexity index is 1330. The van der Waals surface area contributed by atoms with Crippen molar-refractivity contribution in [3.05, 3.63) is 52.2 Å². The number of nitrogen functional groups attached to an aromatic ring is 1. The fourth-order valence-electron chi connectivity index (χ4n) is 4.24. The third kappa shape index (κ3) is 4.96. The number of halogens is 1. The molecule has 2 aliphatic heterocycles. The van der Waals surface area contributed by atoms with Gasteiger partial charge in [0.15, 0.2) is 5.82 Å². The number of nitrogens with zero attached hydrogens (tertiary/aromatic N) is 6. The molecular formula is C23H26ClN9O3. The Morgan fingerprint density at radius 1 is 1.33 bits per heavy atom. The predicted octanol–water partition coefficient (Wildman–Crippen LogP) is 0.923. The van der Waals surface area contributed by atoms with Crippen molar-refractivity contribution in [3.8, 4) is 0 Å². The molecule has 0 aromatic carbocycles. The van der Waals surface area contributed by atoms with Crippen molar-refractivity contribution >= 4 is 46.8 Å². The van der Waals surface area contributed by atoms with E-state index in [9.17, 15) is 9.59 Å². The number of ether oxygens (including phenoxy) is 1. The summed E-state index contributed by atoms with van der Waals surface area (Å²) in [5, 5.41) is 7.35. The highest BCUT2D eigenvalue weighted by Gasteiger charge is 2.37. The lowest BCUT2D eigenvalue weighted by Crippen LogP contribution is -2.41. The zero-order chi connectivity index (χ0) is 25.2. The molecule has 5 heterocycles. The highest BCUT2D eigenvalue weighted by atomic mass is 35.5. The number of aryl methyl sites for hydroxylation is 1. The number of anilines is 2. The quantitative estimate of drug-likeness (QED) is 0.313. The molecule has 3 aromatic rings. The van der Waals surface area contributed by atoms with E-state index >= 15 is 0 Å². The van der Waals surface area contributed by atoms with Gasteiger partial charge in [0.05, 0.1) is 42.2 Å². The molecule has 0 radical (unpaired) electrons. The number of aromatic nitrogens is 5. The van der Waals surface area contributed by atoms with E-state index in [2.05, 4.69) is 30.3 Å². The van der Waals surface area contributed by atoms with Gasteiger partial charge >= 0.3 is 0 Å². The SMILES string of the molecule is Cn1ccc(CN2C(=O)C(=Cc3cc(C(=O)NCCN4CCOCC4)c[nH]3)c3c(Cl)nc(N)nc32)n1. The average molecular weight is 512 g/mol. The lowest BCUT2D eigenvalue weighted by Gasteiger charge is -2.26. The van der Waals surface area contributed by atoms with Crippen molar-refractivity contribution < 1.29 is 14.3 Å². The molecule has 2 aliphatic rings. The number of hydrogen-bond acceptors (Lipinski definition) is 8. The second kappa shape index (κ2) is 10.1. The van der Waals surface area contributed by atoms with E-state index in [1.165, 1.54) is 4.90 Å². The van der Waals surface area contributed by atoms with Gasteiger partial charge in [-0.25, -0.2) is 4.98 Å². The number of amides is 2. The van der Waals surface area contributed by atoms with E-state index in [-0.39, 0.29) is 29.5 Å². The largest absolute Gasteiger partial charge is 0.379 e. The van der Waals surface area contributed by atoms with E-state index < -0.39 is 0 Å². The minimum absolute atomic E-state index is 0.0327. The molecule has 12 nitrogen and oxygen atoms in total. The molecule has 3 aromatic heterocycles. The smallest absolute Gasteiger partial charge is 0.260 e. The number of H-pyrrole nitrogens is 1. The minimum Gasteiger partial charge on any atom is -0.379 e. The first-order valence-corrected chi connectivity index (χ1v) is 11.9. The molecule has 0 spiro atoms. The van der Waals surface area contributed by atoms with Crippen molar-refractivity contribution in [2.75, 3.05) is 50.0 Å². The van der Waals surface area contributed by atoms with Crippen LogP contribution in [0.2, 0.25) is 5.15 Å². The van der Waals surface area contributed by atoms with Crippen molar-refractivity contribution in [2.45, 2.75) is 6.54 Å². The topological polar surface area (TPSA) is 147 Å². The normalized spacial score (nSPS) is 17.1. The number of morpholine rings is 1. The molecule has 0 atom stereocenters. The van der Waals surface area contributed by atoms with Gasteiger partial charge < -0.3 is 20.8 Å². The van der Waals surface area contributed by atoms with E-state index in [1.54, 1.807) is 36.3 Å². The monoisotopic (exact) mass is 511 g/mol. The Kier molecular flexibility index (Phi) is 6.72.